The summed E-state index contributed by atoms with van der Waals surface area (Å²) in [5, 5.41) is 14.9. The molecule has 2 bridgehead atoms. The molecule has 254 valence electrons. The topological polar surface area (TPSA) is 125 Å². The second-order valence-electron chi connectivity index (χ2n) is 15.4. The van der Waals surface area contributed by atoms with Gasteiger partial charge in [-0.05, 0) is 87.0 Å². The molecule has 5 aliphatic rings. The molecule has 12 heteroatoms. The van der Waals surface area contributed by atoms with Crippen LogP contribution in [0.3, 0.4) is 0 Å². The zero-order valence-electron chi connectivity index (χ0n) is 29.0. The summed E-state index contributed by atoms with van der Waals surface area (Å²) in [6.07, 6.45) is 4.90. The Kier molecular flexibility index (Phi) is 8.97. The van der Waals surface area contributed by atoms with Gasteiger partial charge in [0, 0.05) is 25.1 Å². The number of carbonyl (C=O) groups excluding carboxylic acids is 2. The summed E-state index contributed by atoms with van der Waals surface area (Å²) < 4.78 is 20.6. The van der Waals surface area contributed by atoms with Crippen LogP contribution in [-0.4, -0.2) is 71.3 Å². The summed E-state index contributed by atoms with van der Waals surface area (Å²) >= 11 is 0. The van der Waals surface area contributed by atoms with E-state index in [1.165, 1.54) is 0 Å². The monoisotopic (exact) mass is 647 g/mol. The Hall–Kier alpha value is -3.38. The third-order valence-corrected chi connectivity index (χ3v) is 11.1. The van der Waals surface area contributed by atoms with Gasteiger partial charge in [0.1, 0.15) is 11.4 Å². The first kappa shape index (κ1) is 33.5. The van der Waals surface area contributed by atoms with E-state index in [2.05, 4.69) is 55.5 Å². The van der Waals surface area contributed by atoms with Crippen LogP contribution in [0.25, 0.3) is 0 Å². The first-order chi connectivity index (χ1) is 22.3. The zero-order chi connectivity index (χ0) is 33.7. The van der Waals surface area contributed by atoms with Crippen LogP contribution in [0.4, 0.5) is 0 Å². The number of aromatic nitrogens is 2. The number of methoxy groups -OCH3 is 1. The van der Waals surface area contributed by atoms with Gasteiger partial charge in [-0.3, -0.25) is 14.3 Å². The number of ether oxygens (including phenoxy) is 1. The van der Waals surface area contributed by atoms with Crippen LogP contribution in [0.5, 0.6) is 5.75 Å². The van der Waals surface area contributed by atoms with Crippen LogP contribution in [0.1, 0.15) is 96.2 Å². The molecular formula is C35H50BN5O6. The first-order valence-electron chi connectivity index (χ1n) is 17.1. The van der Waals surface area contributed by atoms with Gasteiger partial charge in [-0.25, -0.2) is 0 Å². The van der Waals surface area contributed by atoms with Crippen molar-refractivity contribution in [3.8, 4) is 5.75 Å². The average Bonchev–Trinajstić information content (AvgIpc) is 3.76. The van der Waals surface area contributed by atoms with Crippen LogP contribution in [0, 0.1) is 23.2 Å². The summed E-state index contributed by atoms with van der Waals surface area (Å²) in [5.74, 6) is 1.09. The van der Waals surface area contributed by atoms with Crippen LogP contribution in [-0.2, 0) is 25.4 Å². The van der Waals surface area contributed by atoms with Crippen LogP contribution >= 0.6 is 0 Å². The van der Waals surface area contributed by atoms with E-state index < -0.39 is 12.7 Å². The van der Waals surface area contributed by atoms with Gasteiger partial charge in [0.25, 0.3) is 11.8 Å². The normalized spacial score (nSPS) is 29.5. The van der Waals surface area contributed by atoms with E-state index in [9.17, 15) is 9.59 Å². The number of amides is 2. The molecule has 1 aromatic heterocycles. The van der Waals surface area contributed by atoms with Gasteiger partial charge in [-0.2, -0.15) is 5.10 Å². The van der Waals surface area contributed by atoms with E-state index in [1.54, 1.807) is 24.1 Å². The van der Waals surface area contributed by atoms with E-state index in [1.807, 2.05) is 38.1 Å². The van der Waals surface area contributed by atoms with Gasteiger partial charge < -0.3 is 29.5 Å². The van der Waals surface area contributed by atoms with Crippen molar-refractivity contribution < 1.29 is 28.5 Å². The van der Waals surface area contributed by atoms with Crippen molar-refractivity contribution in [1.82, 2.24) is 20.4 Å². The van der Waals surface area contributed by atoms with Crippen molar-refractivity contribution in [2.45, 2.75) is 110 Å². The molecule has 4 fully saturated rings. The van der Waals surface area contributed by atoms with Crippen molar-refractivity contribution in [1.29, 1.82) is 0 Å². The largest absolute Gasteiger partial charge is 0.497 e. The van der Waals surface area contributed by atoms with E-state index in [0.717, 1.165) is 18.4 Å². The molecule has 3 heterocycles. The van der Waals surface area contributed by atoms with Crippen LogP contribution < -0.4 is 15.4 Å². The Labute approximate surface area is 278 Å². The molecule has 47 heavy (non-hydrogen) atoms. The average molecular weight is 648 g/mol. The lowest BCUT2D eigenvalue weighted by molar-refractivity contribution is -0.199. The number of carbonyl (C=O) groups is 2. The van der Waals surface area contributed by atoms with Crippen molar-refractivity contribution in [2.24, 2.45) is 28.3 Å². The number of nitrogens with one attached hydrogen (secondary N) is 2. The molecular weight excluding hydrogens is 597 g/mol. The molecule has 2 aromatic rings. The lowest BCUT2D eigenvalue weighted by atomic mass is 9.43. The van der Waals surface area contributed by atoms with Gasteiger partial charge in [0.2, 0.25) is 5.60 Å². The predicted octanol–water partition coefficient (Wildman–Crippen LogP) is 4.76. The minimum Gasteiger partial charge on any atom is -0.497 e. The van der Waals surface area contributed by atoms with Crippen LogP contribution in [0.2, 0.25) is 0 Å². The quantitative estimate of drug-likeness (QED) is 0.319. The summed E-state index contributed by atoms with van der Waals surface area (Å²) in [4.78, 5) is 33.6. The highest BCUT2D eigenvalue weighted by atomic mass is 16.7. The van der Waals surface area contributed by atoms with E-state index >= 15 is 0 Å². The predicted molar refractivity (Wildman–Crippen MR) is 179 cm³/mol. The fourth-order valence-corrected chi connectivity index (χ4v) is 8.35. The molecule has 7 rings (SSSR count). The minimum absolute atomic E-state index is 0.00913. The Bertz CT molecular complexity index is 1530. The molecule has 3 aliphatic carbocycles. The molecule has 11 nitrogen and oxygen atoms in total. The molecule has 6 atom stereocenters. The Morgan fingerprint density at radius 2 is 1.94 bits per heavy atom. The smallest absolute Gasteiger partial charge is 0.481 e. The third kappa shape index (κ3) is 6.19. The van der Waals surface area contributed by atoms with Crippen molar-refractivity contribution in [2.75, 3.05) is 13.7 Å². The van der Waals surface area contributed by atoms with Crippen molar-refractivity contribution in [3.05, 3.63) is 47.8 Å². The van der Waals surface area contributed by atoms with Gasteiger partial charge in [0.05, 0.1) is 37.0 Å². The first-order valence-corrected chi connectivity index (χ1v) is 17.1. The lowest BCUT2D eigenvalue weighted by Crippen LogP contribution is -2.65. The van der Waals surface area contributed by atoms with E-state index in [4.69, 9.17) is 18.9 Å². The molecule has 0 spiro atoms. The fourth-order valence-electron chi connectivity index (χ4n) is 8.35. The summed E-state index contributed by atoms with van der Waals surface area (Å²) in [6, 6.07) is 9.33. The molecule has 1 aromatic carbocycles. The van der Waals surface area contributed by atoms with Crippen LogP contribution in [0.15, 0.2) is 41.7 Å². The molecule has 2 aliphatic heterocycles. The molecule has 2 amide bonds. The number of nitrogens with zero attached hydrogens (tertiary/aromatic N) is 3. The van der Waals surface area contributed by atoms with E-state index in [0.29, 0.717) is 35.4 Å². The number of hydrogen-bond donors (Lipinski definition) is 2. The van der Waals surface area contributed by atoms with E-state index in [-0.39, 0.29) is 66.2 Å². The fraction of sp³-hybridized carbons (Fsp3) is 0.657. The van der Waals surface area contributed by atoms with Crippen molar-refractivity contribution >= 4 is 24.6 Å². The number of benzene rings is 1. The lowest BCUT2D eigenvalue weighted by Gasteiger charge is -2.64. The second kappa shape index (κ2) is 12.6. The van der Waals surface area contributed by atoms with Gasteiger partial charge >= 0.3 is 7.12 Å². The molecule has 2 N–H and O–H groups in total. The highest BCUT2D eigenvalue weighted by Crippen LogP contribution is 2.65. The summed E-state index contributed by atoms with van der Waals surface area (Å²) in [6.45, 7) is 15.2. The maximum absolute atomic E-state index is 14.5. The summed E-state index contributed by atoms with van der Waals surface area (Å²) in [5.41, 5.74) is 0.403. The SMILES string of the molecule is COc1cccc(CC2(C(=O)N[C@@H](CC(C)C)B3O[C@@H]4C[C@@H]5C[C@@H](C5(C)C)[C@]4(C)O3)CC(CNC(=O)c3ccnn3C(C)C)=NO2)c1. The number of hydrogen-bond acceptors (Lipinski definition) is 8. The minimum atomic E-state index is -1.33. The molecule has 0 radical (unpaired) electrons. The molecule has 3 saturated carbocycles. The van der Waals surface area contributed by atoms with Crippen molar-refractivity contribution in [3.63, 3.8) is 0 Å². The van der Waals surface area contributed by atoms with Gasteiger partial charge in [-0.15, -0.1) is 0 Å². The maximum atomic E-state index is 14.5. The Balaban J connectivity index is 1.20. The maximum Gasteiger partial charge on any atom is 0.481 e. The molecule has 1 saturated heterocycles. The highest BCUT2D eigenvalue weighted by Gasteiger charge is 2.68. The Morgan fingerprint density at radius 1 is 1.15 bits per heavy atom. The van der Waals surface area contributed by atoms with Gasteiger partial charge in [0.15, 0.2) is 0 Å². The highest BCUT2D eigenvalue weighted by molar-refractivity contribution is 6.48. The molecule has 1 unspecified atom stereocenters. The third-order valence-electron chi connectivity index (χ3n) is 11.1. The number of rotatable bonds is 12. The summed E-state index contributed by atoms with van der Waals surface area (Å²) in [7, 11) is 1.05. The standard InChI is InChI=1S/C35H50BN5O6/c1-21(2)14-30(36-45-29-17-24-16-28(33(24,5)6)34(29,7)46-36)39-32(43)35(18-23-10-9-11-26(15-23)44-8)19-25(40-47-35)20-37-31(42)27-12-13-38-41(27)22(3)4/h9-13,15,21-22,24,28-30H,14,16-20H2,1-8H3,(H,37,42)(H,39,43)/t24-,28-,29+,30-,34-,35?/m0/s1. The van der Waals surface area contributed by atoms with Gasteiger partial charge in [-0.1, -0.05) is 45.0 Å². The second-order valence-corrected chi connectivity index (χ2v) is 15.4. The Morgan fingerprint density at radius 3 is 2.64 bits per heavy atom. The zero-order valence-corrected chi connectivity index (χ0v) is 29.0. The number of oxime groups is 1.